The summed E-state index contributed by atoms with van der Waals surface area (Å²) >= 11 is 5.84. The van der Waals surface area contributed by atoms with Crippen LogP contribution in [0.15, 0.2) is 54.6 Å². The average Bonchev–Trinajstić information content (AvgIpc) is 3.01. The molecule has 0 spiro atoms. The average molecular weight is 353 g/mol. The molecule has 3 rings (SSSR count). The summed E-state index contributed by atoms with van der Waals surface area (Å²) in [5, 5.41) is 4.21. The molecule has 24 heavy (non-hydrogen) atoms. The van der Waals surface area contributed by atoms with Crippen molar-refractivity contribution in [2.24, 2.45) is 0 Å². The van der Waals surface area contributed by atoms with Crippen LogP contribution in [-0.4, -0.2) is 16.9 Å². The van der Waals surface area contributed by atoms with E-state index in [1.54, 1.807) is 48.5 Å². The quantitative estimate of drug-likeness (QED) is 0.646. The highest BCUT2D eigenvalue weighted by Gasteiger charge is 2.35. The van der Waals surface area contributed by atoms with Crippen LogP contribution in [0.2, 0.25) is 5.02 Å². The highest BCUT2D eigenvalue weighted by molar-refractivity contribution is 6.30. The molecule has 0 aliphatic heterocycles. The third-order valence-electron chi connectivity index (χ3n) is 3.46. The lowest BCUT2D eigenvalue weighted by Crippen LogP contribution is -2.07. The van der Waals surface area contributed by atoms with Gasteiger partial charge in [0.1, 0.15) is 5.75 Å². The Labute approximate surface area is 141 Å². The molecule has 3 aromatic rings. The monoisotopic (exact) mass is 352 g/mol. The fraction of sp³-hybridized carbons (Fsp3) is 0.118. The van der Waals surface area contributed by atoms with Crippen molar-refractivity contribution in [1.82, 2.24) is 9.78 Å². The molecule has 0 aliphatic rings. The first-order valence-corrected chi connectivity index (χ1v) is 7.34. The van der Waals surface area contributed by atoms with Gasteiger partial charge < -0.3 is 4.74 Å². The number of rotatable bonds is 3. The Balaban J connectivity index is 2.15. The smallest absolute Gasteiger partial charge is 0.435 e. The molecule has 0 fully saturated rings. The lowest BCUT2D eigenvalue weighted by Gasteiger charge is -2.08. The summed E-state index contributed by atoms with van der Waals surface area (Å²) in [6.45, 7) is 0. The SMILES string of the molecule is COc1ccc(-c2cc(C(F)(F)F)nn2-c2ccc(Cl)cc2)cc1. The largest absolute Gasteiger partial charge is 0.497 e. The molecule has 124 valence electrons. The van der Waals surface area contributed by atoms with E-state index < -0.39 is 11.9 Å². The molecule has 0 atom stereocenters. The summed E-state index contributed by atoms with van der Waals surface area (Å²) < 4.78 is 45.6. The third-order valence-corrected chi connectivity index (χ3v) is 3.71. The van der Waals surface area contributed by atoms with E-state index in [1.807, 2.05) is 0 Å². The second-order valence-electron chi connectivity index (χ2n) is 5.03. The number of nitrogens with zero attached hydrogens (tertiary/aromatic N) is 2. The van der Waals surface area contributed by atoms with Gasteiger partial charge in [-0.2, -0.15) is 18.3 Å². The molecule has 1 aromatic heterocycles. The molecule has 7 heteroatoms. The van der Waals surface area contributed by atoms with Crippen LogP contribution in [0.4, 0.5) is 13.2 Å². The first-order chi connectivity index (χ1) is 11.4. The number of aromatic nitrogens is 2. The molecular weight excluding hydrogens is 341 g/mol. The number of alkyl halides is 3. The third kappa shape index (κ3) is 3.23. The van der Waals surface area contributed by atoms with E-state index in [4.69, 9.17) is 16.3 Å². The molecule has 0 N–H and O–H groups in total. The van der Waals surface area contributed by atoms with Crippen LogP contribution in [0.1, 0.15) is 5.69 Å². The van der Waals surface area contributed by atoms with Crippen molar-refractivity contribution in [2.75, 3.05) is 7.11 Å². The summed E-state index contributed by atoms with van der Waals surface area (Å²) in [7, 11) is 1.52. The topological polar surface area (TPSA) is 27.1 Å². The minimum absolute atomic E-state index is 0.326. The normalized spacial score (nSPS) is 11.5. The Morgan fingerprint density at radius 2 is 1.62 bits per heavy atom. The van der Waals surface area contributed by atoms with Gasteiger partial charge in [-0.15, -0.1) is 0 Å². The van der Waals surface area contributed by atoms with Gasteiger partial charge in [-0.05, 0) is 54.6 Å². The fourth-order valence-electron chi connectivity index (χ4n) is 2.27. The minimum atomic E-state index is -4.53. The molecule has 0 unspecified atom stereocenters. The standard InChI is InChI=1S/C17H12ClF3N2O/c1-24-14-8-2-11(3-9-14)15-10-16(17(19,20)21)22-23(15)13-6-4-12(18)5-7-13/h2-10H,1H3. The van der Waals surface area contributed by atoms with Gasteiger partial charge in [0.15, 0.2) is 5.69 Å². The first kappa shape index (κ1) is 16.4. The van der Waals surface area contributed by atoms with Crippen LogP contribution in [0, 0.1) is 0 Å². The Hall–Kier alpha value is -2.47. The Morgan fingerprint density at radius 1 is 1.00 bits per heavy atom. The second kappa shape index (κ2) is 6.20. The molecule has 0 amide bonds. The zero-order valence-corrected chi connectivity index (χ0v) is 13.3. The van der Waals surface area contributed by atoms with Crippen molar-refractivity contribution in [3.05, 3.63) is 65.3 Å². The van der Waals surface area contributed by atoms with E-state index in [0.717, 1.165) is 6.07 Å². The van der Waals surface area contributed by atoms with Gasteiger partial charge in [-0.3, -0.25) is 0 Å². The van der Waals surface area contributed by atoms with Crippen LogP contribution in [0.3, 0.4) is 0 Å². The van der Waals surface area contributed by atoms with Crippen molar-refractivity contribution in [3.8, 4) is 22.7 Å². The summed E-state index contributed by atoms with van der Waals surface area (Å²) in [6.07, 6.45) is -4.53. The number of hydrogen-bond acceptors (Lipinski definition) is 2. The molecule has 0 saturated heterocycles. The van der Waals surface area contributed by atoms with Crippen molar-refractivity contribution in [3.63, 3.8) is 0 Å². The summed E-state index contributed by atoms with van der Waals surface area (Å²) in [5.41, 5.74) is 0.449. The van der Waals surface area contributed by atoms with E-state index >= 15 is 0 Å². The van der Waals surface area contributed by atoms with Gasteiger partial charge in [0.25, 0.3) is 0 Å². The van der Waals surface area contributed by atoms with Crippen LogP contribution in [-0.2, 0) is 6.18 Å². The minimum Gasteiger partial charge on any atom is -0.497 e. The van der Waals surface area contributed by atoms with E-state index in [-0.39, 0.29) is 0 Å². The predicted octanol–water partition coefficient (Wildman–Crippen LogP) is 5.22. The van der Waals surface area contributed by atoms with Gasteiger partial charge in [-0.25, -0.2) is 4.68 Å². The van der Waals surface area contributed by atoms with Crippen molar-refractivity contribution >= 4 is 11.6 Å². The number of ether oxygens (including phenoxy) is 1. The van der Waals surface area contributed by atoms with Gasteiger partial charge in [0, 0.05) is 10.6 Å². The molecule has 0 aliphatic carbocycles. The van der Waals surface area contributed by atoms with Crippen LogP contribution >= 0.6 is 11.6 Å². The lowest BCUT2D eigenvalue weighted by molar-refractivity contribution is -0.141. The van der Waals surface area contributed by atoms with E-state index in [9.17, 15) is 13.2 Å². The van der Waals surface area contributed by atoms with Crippen molar-refractivity contribution < 1.29 is 17.9 Å². The maximum absolute atomic E-state index is 13.1. The molecule has 3 nitrogen and oxygen atoms in total. The highest BCUT2D eigenvalue weighted by Crippen LogP contribution is 2.33. The van der Waals surface area contributed by atoms with E-state index in [0.29, 0.717) is 27.7 Å². The predicted molar refractivity (Wildman–Crippen MR) is 85.6 cm³/mol. The fourth-order valence-corrected chi connectivity index (χ4v) is 2.39. The molecule has 2 aromatic carbocycles. The Morgan fingerprint density at radius 3 is 2.17 bits per heavy atom. The number of halogens is 4. The molecule has 0 radical (unpaired) electrons. The van der Waals surface area contributed by atoms with Crippen molar-refractivity contribution in [2.45, 2.75) is 6.18 Å². The van der Waals surface area contributed by atoms with Gasteiger partial charge in [0.05, 0.1) is 18.5 Å². The van der Waals surface area contributed by atoms with Crippen LogP contribution in [0.25, 0.3) is 16.9 Å². The number of benzene rings is 2. The van der Waals surface area contributed by atoms with Crippen LogP contribution < -0.4 is 4.74 Å². The summed E-state index contributed by atoms with van der Waals surface area (Å²) in [4.78, 5) is 0. The molecule has 0 saturated carbocycles. The zero-order chi connectivity index (χ0) is 17.3. The Bertz CT molecular complexity index is 840. The van der Waals surface area contributed by atoms with Crippen LogP contribution in [0.5, 0.6) is 5.75 Å². The second-order valence-corrected chi connectivity index (χ2v) is 5.47. The maximum Gasteiger partial charge on any atom is 0.435 e. The number of methoxy groups -OCH3 is 1. The van der Waals surface area contributed by atoms with E-state index in [1.165, 1.54) is 11.8 Å². The molecule has 1 heterocycles. The molecule has 0 bridgehead atoms. The summed E-state index contributed by atoms with van der Waals surface area (Å²) in [6, 6.07) is 14.2. The van der Waals surface area contributed by atoms with E-state index in [2.05, 4.69) is 5.10 Å². The first-order valence-electron chi connectivity index (χ1n) is 6.96. The lowest BCUT2D eigenvalue weighted by atomic mass is 10.1. The van der Waals surface area contributed by atoms with Gasteiger partial charge in [0.2, 0.25) is 0 Å². The Kier molecular flexibility index (Phi) is 4.24. The zero-order valence-electron chi connectivity index (χ0n) is 12.5. The van der Waals surface area contributed by atoms with Gasteiger partial charge in [-0.1, -0.05) is 11.6 Å². The maximum atomic E-state index is 13.1. The van der Waals surface area contributed by atoms with Crippen molar-refractivity contribution in [1.29, 1.82) is 0 Å². The highest BCUT2D eigenvalue weighted by atomic mass is 35.5. The number of hydrogen-bond donors (Lipinski definition) is 0. The molecular formula is C17H12ClF3N2O. The summed E-state index contributed by atoms with van der Waals surface area (Å²) in [5.74, 6) is 0.618. The van der Waals surface area contributed by atoms with Gasteiger partial charge >= 0.3 is 6.18 Å².